The lowest BCUT2D eigenvalue weighted by molar-refractivity contribution is 0.0943. The van der Waals surface area contributed by atoms with Gasteiger partial charge >= 0.3 is 0 Å². The molecule has 2 rings (SSSR count). The van der Waals surface area contributed by atoms with Crippen LogP contribution in [0.4, 0.5) is 0 Å². The molecule has 1 unspecified atom stereocenters. The first kappa shape index (κ1) is 16.9. The van der Waals surface area contributed by atoms with Gasteiger partial charge in [0.1, 0.15) is 5.69 Å². The smallest absolute Gasteiger partial charge is 0.271 e. The molecule has 1 heterocycles. The van der Waals surface area contributed by atoms with Crippen LogP contribution in [0.25, 0.3) is 0 Å². The van der Waals surface area contributed by atoms with Crippen molar-refractivity contribution in [2.24, 2.45) is 0 Å². The highest BCUT2D eigenvalue weighted by Gasteiger charge is 2.12. The maximum absolute atomic E-state index is 12.2. The second-order valence-electron chi connectivity index (χ2n) is 5.29. The average molecular weight is 315 g/mol. The summed E-state index contributed by atoms with van der Waals surface area (Å²) in [6, 6.07) is 12.7. The van der Waals surface area contributed by atoms with Crippen LogP contribution in [-0.2, 0) is 11.3 Å². The van der Waals surface area contributed by atoms with Gasteiger partial charge in [-0.25, -0.2) is 4.68 Å². The number of hydrogen-bond donors (Lipinski definition) is 1. The van der Waals surface area contributed by atoms with Crippen LogP contribution < -0.4 is 10.9 Å². The van der Waals surface area contributed by atoms with E-state index in [-0.39, 0.29) is 23.1 Å². The first-order chi connectivity index (χ1) is 11.1. The Morgan fingerprint density at radius 3 is 2.70 bits per heavy atom. The summed E-state index contributed by atoms with van der Waals surface area (Å²) in [4.78, 5) is 23.9. The molecule has 23 heavy (non-hydrogen) atoms. The standard InChI is InChI=1S/C17H21N3O3/c1-13(14-6-4-3-5-7-14)12-18-17(22)15-8-9-16(21)20(19-15)10-11-23-2/h3-9,13H,10-12H2,1-2H3,(H,18,22). The lowest BCUT2D eigenvalue weighted by atomic mass is 10.0. The molecule has 0 aliphatic carbocycles. The van der Waals surface area contributed by atoms with E-state index in [9.17, 15) is 9.59 Å². The molecule has 1 amide bonds. The molecule has 2 aromatic rings. The third-order valence-electron chi connectivity index (χ3n) is 3.54. The van der Waals surface area contributed by atoms with Crippen LogP contribution in [0.5, 0.6) is 0 Å². The monoisotopic (exact) mass is 315 g/mol. The molecule has 0 fully saturated rings. The topological polar surface area (TPSA) is 73.2 Å². The van der Waals surface area contributed by atoms with Crippen LogP contribution in [0.15, 0.2) is 47.3 Å². The van der Waals surface area contributed by atoms with Crippen LogP contribution in [0.3, 0.4) is 0 Å². The van der Waals surface area contributed by atoms with Crippen molar-refractivity contribution in [3.05, 3.63) is 64.1 Å². The van der Waals surface area contributed by atoms with E-state index in [1.165, 1.54) is 16.8 Å². The Labute approximate surface area is 135 Å². The van der Waals surface area contributed by atoms with Crippen molar-refractivity contribution in [1.29, 1.82) is 0 Å². The Balaban J connectivity index is 1.99. The molecule has 1 aromatic heterocycles. The number of amides is 1. The van der Waals surface area contributed by atoms with Gasteiger partial charge in [0.05, 0.1) is 13.2 Å². The zero-order chi connectivity index (χ0) is 16.7. The van der Waals surface area contributed by atoms with Gasteiger partial charge in [-0.3, -0.25) is 9.59 Å². The first-order valence-electron chi connectivity index (χ1n) is 7.52. The molecule has 6 nitrogen and oxygen atoms in total. The second-order valence-corrected chi connectivity index (χ2v) is 5.29. The summed E-state index contributed by atoms with van der Waals surface area (Å²) >= 11 is 0. The molecule has 1 atom stereocenters. The fourth-order valence-electron chi connectivity index (χ4n) is 2.14. The summed E-state index contributed by atoms with van der Waals surface area (Å²) in [5.41, 5.74) is 1.13. The number of methoxy groups -OCH3 is 1. The number of nitrogens with zero attached hydrogens (tertiary/aromatic N) is 2. The van der Waals surface area contributed by atoms with E-state index in [0.717, 1.165) is 5.56 Å². The van der Waals surface area contributed by atoms with Gasteiger partial charge in [0.2, 0.25) is 0 Å². The zero-order valence-electron chi connectivity index (χ0n) is 13.4. The van der Waals surface area contributed by atoms with Crippen LogP contribution in [-0.4, -0.2) is 35.9 Å². The molecule has 0 saturated carbocycles. The number of carbonyl (C=O) groups excluding carboxylic acids is 1. The van der Waals surface area contributed by atoms with Crippen LogP contribution in [0.2, 0.25) is 0 Å². The van der Waals surface area contributed by atoms with E-state index in [1.807, 2.05) is 37.3 Å². The average Bonchev–Trinajstić information content (AvgIpc) is 2.59. The van der Waals surface area contributed by atoms with Gasteiger partial charge in [0.25, 0.3) is 11.5 Å². The lowest BCUT2D eigenvalue weighted by Gasteiger charge is -2.13. The van der Waals surface area contributed by atoms with E-state index in [1.54, 1.807) is 7.11 Å². The van der Waals surface area contributed by atoms with Crippen molar-refractivity contribution >= 4 is 5.91 Å². The molecule has 0 spiro atoms. The van der Waals surface area contributed by atoms with Gasteiger partial charge in [-0.05, 0) is 17.5 Å². The van der Waals surface area contributed by atoms with Gasteiger partial charge in [-0.15, -0.1) is 0 Å². The Hall–Kier alpha value is -2.47. The largest absolute Gasteiger partial charge is 0.383 e. The lowest BCUT2D eigenvalue weighted by Crippen LogP contribution is -2.32. The minimum atomic E-state index is -0.293. The fourth-order valence-corrected chi connectivity index (χ4v) is 2.14. The molecular formula is C17H21N3O3. The number of nitrogens with one attached hydrogen (secondary N) is 1. The van der Waals surface area contributed by atoms with Crippen LogP contribution in [0, 0.1) is 0 Å². The number of carbonyl (C=O) groups is 1. The highest BCUT2D eigenvalue weighted by molar-refractivity contribution is 5.92. The fraction of sp³-hybridized carbons (Fsp3) is 0.353. The molecule has 1 aromatic carbocycles. The second kappa shape index (κ2) is 8.24. The maximum atomic E-state index is 12.2. The minimum absolute atomic E-state index is 0.194. The molecule has 0 radical (unpaired) electrons. The molecule has 0 aliphatic rings. The minimum Gasteiger partial charge on any atom is -0.383 e. The maximum Gasteiger partial charge on any atom is 0.271 e. The number of rotatable bonds is 7. The molecular weight excluding hydrogens is 294 g/mol. The van der Waals surface area contributed by atoms with Crippen molar-refractivity contribution in [2.75, 3.05) is 20.3 Å². The highest BCUT2D eigenvalue weighted by Crippen LogP contribution is 2.13. The van der Waals surface area contributed by atoms with Crippen molar-refractivity contribution in [3.63, 3.8) is 0 Å². The van der Waals surface area contributed by atoms with E-state index < -0.39 is 0 Å². The Kier molecular flexibility index (Phi) is 6.05. The molecule has 0 aliphatic heterocycles. The summed E-state index contributed by atoms with van der Waals surface area (Å²) < 4.78 is 6.16. The van der Waals surface area contributed by atoms with E-state index in [4.69, 9.17) is 4.74 Å². The number of ether oxygens (including phenoxy) is 1. The third kappa shape index (κ3) is 4.75. The Bertz CT molecular complexity index is 698. The molecule has 1 N–H and O–H groups in total. The number of aromatic nitrogens is 2. The number of benzene rings is 1. The van der Waals surface area contributed by atoms with Crippen molar-refractivity contribution in [2.45, 2.75) is 19.4 Å². The van der Waals surface area contributed by atoms with Gasteiger partial charge < -0.3 is 10.1 Å². The summed E-state index contributed by atoms with van der Waals surface area (Å²) in [7, 11) is 1.55. The number of hydrogen-bond acceptors (Lipinski definition) is 4. The quantitative estimate of drug-likeness (QED) is 0.839. The Morgan fingerprint density at radius 1 is 1.26 bits per heavy atom. The van der Waals surface area contributed by atoms with Gasteiger partial charge in [-0.2, -0.15) is 5.10 Å². The molecule has 6 heteroatoms. The SMILES string of the molecule is COCCn1nc(C(=O)NCC(C)c2ccccc2)ccc1=O. The predicted molar refractivity (Wildman–Crippen MR) is 87.6 cm³/mol. The Morgan fingerprint density at radius 2 is 2.00 bits per heavy atom. The van der Waals surface area contributed by atoms with Crippen molar-refractivity contribution < 1.29 is 9.53 Å². The van der Waals surface area contributed by atoms with Crippen LogP contribution >= 0.6 is 0 Å². The molecule has 122 valence electrons. The summed E-state index contributed by atoms with van der Waals surface area (Å²) in [5, 5.41) is 6.92. The van der Waals surface area contributed by atoms with Gasteiger partial charge in [0.15, 0.2) is 0 Å². The molecule has 0 bridgehead atoms. The van der Waals surface area contributed by atoms with Crippen molar-refractivity contribution in [1.82, 2.24) is 15.1 Å². The first-order valence-corrected chi connectivity index (χ1v) is 7.52. The van der Waals surface area contributed by atoms with E-state index in [2.05, 4.69) is 10.4 Å². The highest BCUT2D eigenvalue weighted by atomic mass is 16.5. The predicted octanol–water partition coefficient (Wildman–Crippen LogP) is 1.42. The third-order valence-corrected chi connectivity index (χ3v) is 3.54. The van der Waals surface area contributed by atoms with Gasteiger partial charge in [0, 0.05) is 19.7 Å². The summed E-state index contributed by atoms with van der Waals surface area (Å²) in [6.07, 6.45) is 0. The van der Waals surface area contributed by atoms with Crippen LogP contribution in [0.1, 0.15) is 28.9 Å². The normalized spacial score (nSPS) is 11.9. The van der Waals surface area contributed by atoms with Crippen molar-refractivity contribution in [3.8, 4) is 0 Å². The zero-order valence-corrected chi connectivity index (χ0v) is 13.4. The van der Waals surface area contributed by atoms with E-state index in [0.29, 0.717) is 19.7 Å². The summed E-state index contributed by atoms with van der Waals surface area (Å²) in [6.45, 7) is 3.23. The van der Waals surface area contributed by atoms with E-state index >= 15 is 0 Å². The summed E-state index contributed by atoms with van der Waals surface area (Å²) in [5.74, 6) is -0.0986. The molecule has 0 saturated heterocycles. The van der Waals surface area contributed by atoms with Gasteiger partial charge in [-0.1, -0.05) is 37.3 Å².